The van der Waals surface area contributed by atoms with Crippen LogP contribution in [0.3, 0.4) is 0 Å². The van der Waals surface area contributed by atoms with Gasteiger partial charge in [0.05, 0.1) is 18.8 Å². The number of methoxy groups -OCH3 is 1. The van der Waals surface area contributed by atoms with E-state index in [-0.39, 0.29) is 18.0 Å². The molecule has 7 nitrogen and oxygen atoms in total. The number of carbonyl (C=O) groups is 2. The van der Waals surface area contributed by atoms with Gasteiger partial charge in [0.1, 0.15) is 10.8 Å². The van der Waals surface area contributed by atoms with Crippen LogP contribution in [-0.2, 0) is 4.79 Å². The minimum absolute atomic E-state index is 0.141. The van der Waals surface area contributed by atoms with Gasteiger partial charge < -0.3 is 20.7 Å². The summed E-state index contributed by atoms with van der Waals surface area (Å²) < 4.78 is 5.19. The van der Waals surface area contributed by atoms with Crippen molar-refractivity contribution in [2.45, 2.75) is 26.3 Å². The number of nitrogens with zero attached hydrogens (tertiary/aromatic N) is 1. The maximum absolute atomic E-state index is 12.2. The van der Waals surface area contributed by atoms with Crippen molar-refractivity contribution in [1.29, 1.82) is 0 Å². The second-order valence-corrected chi connectivity index (χ2v) is 5.95. The number of carbonyl (C=O) groups excluding carboxylic acids is 2. The Morgan fingerprint density at radius 3 is 2.71 bits per heavy atom. The lowest BCUT2D eigenvalue weighted by atomic mass is 10.2. The minimum atomic E-state index is -0.337. The fraction of sp³-hybridized carbons (Fsp3) is 0.312. The molecule has 0 spiro atoms. The first-order valence-corrected chi connectivity index (χ1v) is 8.34. The molecule has 0 fully saturated rings. The molecule has 0 saturated carbocycles. The van der Waals surface area contributed by atoms with Gasteiger partial charge in [0, 0.05) is 24.2 Å². The molecule has 0 saturated heterocycles. The highest BCUT2D eigenvalue weighted by Gasteiger charge is 2.15. The fourth-order valence-electron chi connectivity index (χ4n) is 2.14. The predicted molar refractivity (Wildman–Crippen MR) is 94.6 cm³/mol. The van der Waals surface area contributed by atoms with Gasteiger partial charge in [-0.2, -0.15) is 0 Å². The lowest BCUT2D eigenvalue weighted by Gasteiger charge is -2.16. The molecule has 1 aromatic heterocycles. The lowest BCUT2D eigenvalue weighted by Crippen LogP contribution is -2.32. The van der Waals surface area contributed by atoms with Gasteiger partial charge in [-0.15, -0.1) is 11.3 Å². The Morgan fingerprint density at radius 2 is 2.12 bits per heavy atom. The molecular formula is C16H20N4O3S. The number of amides is 3. The van der Waals surface area contributed by atoms with Gasteiger partial charge >= 0.3 is 6.03 Å². The van der Waals surface area contributed by atoms with E-state index < -0.39 is 0 Å². The maximum Gasteiger partial charge on any atom is 0.319 e. The molecule has 0 aliphatic rings. The normalized spacial score (nSPS) is 11.5. The summed E-state index contributed by atoms with van der Waals surface area (Å²) in [5.74, 6) is 0.301. The second kappa shape index (κ2) is 8.30. The van der Waals surface area contributed by atoms with Crippen molar-refractivity contribution in [3.8, 4) is 5.75 Å². The van der Waals surface area contributed by atoms with Crippen LogP contribution in [0.15, 0.2) is 29.8 Å². The number of anilines is 2. The highest BCUT2D eigenvalue weighted by Crippen LogP contribution is 2.28. The van der Waals surface area contributed by atoms with E-state index >= 15 is 0 Å². The zero-order valence-corrected chi connectivity index (χ0v) is 14.6. The Morgan fingerprint density at radius 1 is 1.33 bits per heavy atom. The van der Waals surface area contributed by atoms with Crippen molar-refractivity contribution in [2.75, 3.05) is 17.7 Å². The summed E-state index contributed by atoms with van der Waals surface area (Å²) in [5.41, 5.74) is 1.04. The molecule has 1 atom stereocenters. The van der Waals surface area contributed by atoms with Crippen molar-refractivity contribution < 1.29 is 14.3 Å². The summed E-state index contributed by atoms with van der Waals surface area (Å²) in [6.07, 6.45) is 2.45. The fourth-order valence-corrected chi connectivity index (χ4v) is 2.92. The molecule has 1 aromatic carbocycles. The third kappa shape index (κ3) is 4.69. The molecule has 0 radical (unpaired) electrons. The second-order valence-electron chi connectivity index (χ2n) is 5.03. The Balaban J connectivity index is 2.06. The molecule has 0 unspecified atom stereocenters. The third-order valence-corrected chi connectivity index (χ3v) is 4.12. The number of thiazole rings is 1. The van der Waals surface area contributed by atoms with E-state index in [2.05, 4.69) is 20.9 Å². The highest BCUT2D eigenvalue weighted by atomic mass is 32.1. The molecule has 2 rings (SSSR count). The van der Waals surface area contributed by atoms with Gasteiger partial charge in [-0.1, -0.05) is 6.92 Å². The molecule has 3 amide bonds. The molecule has 1 heterocycles. The summed E-state index contributed by atoms with van der Waals surface area (Å²) in [6.45, 7) is 3.39. The van der Waals surface area contributed by atoms with E-state index in [1.54, 1.807) is 24.4 Å². The Labute approximate surface area is 144 Å². The molecule has 2 aromatic rings. The SMILES string of the molecule is CC[C@@H](NC(=O)Nc1ccc(OC)c(NC(C)=O)c1)c1nccs1. The highest BCUT2D eigenvalue weighted by molar-refractivity contribution is 7.09. The van der Waals surface area contributed by atoms with E-state index in [0.29, 0.717) is 17.1 Å². The minimum Gasteiger partial charge on any atom is -0.495 e. The average molecular weight is 348 g/mol. The first kappa shape index (κ1) is 17.7. The number of aromatic nitrogens is 1. The molecule has 0 aliphatic heterocycles. The van der Waals surface area contributed by atoms with Gasteiger partial charge in [0.2, 0.25) is 5.91 Å². The summed E-state index contributed by atoms with van der Waals surface area (Å²) in [5, 5.41) is 11.0. The smallest absolute Gasteiger partial charge is 0.319 e. The Kier molecular flexibility index (Phi) is 6.14. The molecule has 8 heteroatoms. The van der Waals surface area contributed by atoms with Crippen LogP contribution in [-0.4, -0.2) is 24.0 Å². The van der Waals surface area contributed by atoms with Gasteiger partial charge in [-0.3, -0.25) is 4.79 Å². The largest absolute Gasteiger partial charge is 0.495 e. The predicted octanol–water partition coefficient (Wildman–Crippen LogP) is 3.38. The number of hydrogen-bond acceptors (Lipinski definition) is 5. The molecule has 0 aliphatic carbocycles. The lowest BCUT2D eigenvalue weighted by molar-refractivity contribution is -0.114. The molecule has 24 heavy (non-hydrogen) atoms. The van der Waals surface area contributed by atoms with Crippen molar-refractivity contribution in [2.24, 2.45) is 0 Å². The van der Waals surface area contributed by atoms with Gasteiger partial charge in [0.25, 0.3) is 0 Å². The standard InChI is InChI=1S/C16H20N4O3S/c1-4-12(15-17-7-8-24-15)20-16(22)19-11-5-6-14(23-3)13(9-11)18-10(2)21/h5-9,12H,4H2,1-3H3,(H,18,21)(H2,19,20,22)/t12-/m1/s1. The molecular weight excluding hydrogens is 328 g/mol. The van der Waals surface area contributed by atoms with Crippen LogP contribution in [0.1, 0.15) is 31.3 Å². The van der Waals surface area contributed by atoms with E-state index in [4.69, 9.17) is 4.74 Å². The van der Waals surface area contributed by atoms with Crippen molar-refractivity contribution in [3.05, 3.63) is 34.8 Å². The van der Waals surface area contributed by atoms with Crippen LogP contribution >= 0.6 is 11.3 Å². The summed E-state index contributed by atoms with van der Waals surface area (Å²) in [6, 6.07) is 4.55. The van der Waals surface area contributed by atoms with Crippen molar-refractivity contribution in [3.63, 3.8) is 0 Å². The first-order chi connectivity index (χ1) is 11.5. The number of rotatable bonds is 6. The number of urea groups is 1. The monoisotopic (exact) mass is 348 g/mol. The first-order valence-electron chi connectivity index (χ1n) is 7.46. The van der Waals surface area contributed by atoms with Crippen LogP contribution in [0.4, 0.5) is 16.2 Å². The number of hydrogen-bond donors (Lipinski definition) is 3. The maximum atomic E-state index is 12.2. The van der Waals surface area contributed by atoms with Crippen LogP contribution in [0.2, 0.25) is 0 Å². The van der Waals surface area contributed by atoms with Gasteiger partial charge in [-0.05, 0) is 24.6 Å². The van der Waals surface area contributed by atoms with E-state index in [1.807, 2.05) is 12.3 Å². The zero-order valence-electron chi connectivity index (χ0n) is 13.8. The third-order valence-electron chi connectivity index (χ3n) is 3.23. The topological polar surface area (TPSA) is 92.4 Å². The van der Waals surface area contributed by atoms with E-state index in [9.17, 15) is 9.59 Å². The summed E-state index contributed by atoms with van der Waals surface area (Å²) in [7, 11) is 1.51. The van der Waals surface area contributed by atoms with E-state index in [0.717, 1.165) is 11.4 Å². The van der Waals surface area contributed by atoms with Crippen LogP contribution < -0.4 is 20.7 Å². The van der Waals surface area contributed by atoms with Gasteiger partial charge in [0.15, 0.2) is 0 Å². The van der Waals surface area contributed by atoms with Crippen molar-refractivity contribution in [1.82, 2.24) is 10.3 Å². The van der Waals surface area contributed by atoms with Crippen LogP contribution in [0.5, 0.6) is 5.75 Å². The average Bonchev–Trinajstić information content (AvgIpc) is 3.06. The quantitative estimate of drug-likeness (QED) is 0.746. The Bertz CT molecular complexity index is 703. The molecule has 3 N–H and O–H groups in total. The molecule has 0 bridgehead atoms. The number of ether oxygens (including phenoxy) is 1. The van der Waals surface area contributed by atoms with Crippen molar-refractivity contribution >= 4 is 34.6 Å². The molecule has 128 valence electrons. The summed E-state index contributed by atoms with van der Waals surface area (Å²) >= 11 is 1.50. The Hall–Kier alpha value is -2.61. The van der Waals surface area contributed by atoms with Gasteiger partial charge in [-0.25, -0.2) is 9.78 Å². The summed E-state index contributed by atoms with van der Waals surface area (Å²) in [4.78, 5) is 27.7. The zero-order chi connectivity index (χ0) is 17.5. The number of benzene rings is 1. The van der Waals surface area contributed by atoms with Crippen LogP contribution in [0.25, 0.3) is 0 Å². The number of nitrogens with one attached hydrogen (secondary N) is 3. The van der Waals surface area contributed by atoms with Crippen LogP contribution in [0, 0.1) is 0 Å². The van der Waals surface area contributed by atoms with E-state index in [1.165, 1.54) is 25.4 Å².